The van der Waals surface area contributed by atoms with Crippen molar-refractivity contribution in [2.45, 2.75) is 31.8 Å². The predicted octanol–water partition coefficient (Wildman–Crippen LogP) is 3.38. The molecule has 0 radical (unpaired) electrons. The third-order valence-electron chi connectivity index (χ3n) is 4.16. The van der Waals surface area contributed by atoms with Crippen LogP contribution in [0.15, 0.2) is 22.7 Å². The van der Waals surface area contributed by atoms with Gasteiger partial charge in [-0.15, -0.1) is 0 Å². The molecule has 3 rings (SSSR count). The Balaban J connectivity index is 2.04. The van der Waals surface area contributed by atoms with Gasteiger partial charge in [0.2, 0.25) is 0 Å². The SMILES string of the molecule is Cc1cccc(C2(O)C3CCCC32)c1Br. The van der Waals surface area contributed by atoms with Crippen molar-refractivity contribution in [3.8, 4) is 0 Å². The highest BCUT2D eigenvalue weighted by molar-refractivity contribution is 9.10. The molecule has 0 spiro atoms. The van der Waals surface area contributed by atoms with E-state index in [-0.39, 0.29) is 0 Å². The predicted molar refractivity (Wildman–Crippen MR) is 63.6 cm³/mol. The van der Waals surface area contributed by atoms with Gasteiger partial charge in [0.1, 0.15) is 0 Å². The van der Waals surface area contributed by atoms with Gasteiger partial charge >= 0.3 is 0 Å². The van der Waals surface area contributed by atoms with E-state index in [0.717, 1.165) is 10.0 Å². The molecular weight excluding hydrogens is 252 g/mol. The second kappa shape index (κ2) is 3.08. The van der Waals surface area contributed by atoms with Crippen LogP contribution >= 0.6 is 15.9 Å². The number of aryl methyl sites for hydroxylation is 1. The van der Waals surface area contributed by atoms with Gasteiger partial charge in [0.15, 0.2) is 0 Å². The summed E-state index contributed by atoms with van der Waals surface area (Å²) in [6, 6.07) is 6.19. The molecule has 1 aromatic rings. The number of halogens is 1. The molecule has 0 amide bonds. The summed E-state index contributed by atoms with van der Waals surface area (Å²) in [5.74, 6) is 1.05. The molecule has 2 aliphatic carbocycles. The lowest BCUT2D eigenvalue weighted by molar-refractivity contribution is 0.104. The molecule has 1 N–H and O–H groups in total. The normalized spacial score (nSPS) is 37.8. The van der Waals surface area contributed by atoms with Crippen LogP contribution in [0.3, 0.4) is 0 Å². The smallest absolute Gasteiger partial charge is 0.0971 e. The fraction of sp³-hybridized carbons (Fsp3) is 0.538. The Labute approximate surface area is 98.6 Å². The Bertz CT molecular complexity index is 403. The molecule has 2 aliphatic rings. The van der Waals surface area contributed by atoms with Crippen molar-refractivity contribution in [1.82, 2.24) is 0 Å². The van der Waals surface area contributed by atoms with Crippen molar-refractivity contribution in [3.05, 3.63) is 33.8 Å². The van der Waals surface area contributed by atoms with Crippen LogP contribution < -0.4 is 0 Å². The van der Waals surface area contributed by atoms with E-state index in [2.05, 4.69) is 35.0 Å². The third kappa shape index (κ3) is 1.18. The van der Waals surface area contributed by atoms with E-state index in [0.29, 0.717) is 11.8 Å². The molecular formula is C13H15BrO. The summed E-state index contributed by atoms with van der Waals surface area (Å²) in [5.41, 5.74) is 1.81. The first-order valence-electron chi connectivity index (χ1n) is 5.63. The lowest BCUT2D eigenvalue weighted by Gasteiger charge is -2.17. The summed E-state index contributed by atoms with van der Waals surface area (Å²) in [7, 11) is 0. The monoisotopic (exact) mass is 266 g/mol. The average molecular weight is 267 g/mol. The molecule has 0 aromatic heterocycles. The van der Waals surface area contributed by atoms with Gasteiger partial charge in [-0.3, -0.25) is 0 Å². The Hall–Kier alpha value is -0.340. The Morgan fingerprint density at radius 3 is 2.67 bits per heavy atom. The first-order chi connectivity index (χ1) is 7.15. The molecule has 0 saturated heterocycles. The molecule has 80 valence electrons. The minimum atomic E-state index is -0.511. The van der Waals surface area contributed by atoms with Crippen molar-refractivity contribution in [2.24, 2.45) is 11.8 Å². The van der Waals surface area contributed by atoms with Crippen LogP contribution in [0.25, 0.3) is 0 Å². The quantitative estimate of drug-likeness (QED) is 0.827. The van der Waals surface area contributed by atoms with Gasteiger partial charge in [-0.1, -0.05) is 40.5 Å². The summed E-state index contributed by atoms with van der Waals surface area (Å²) < 4.78 is 1.10. The standard InChI is InChI=1S/C13H15BrO/c1-8-4-2-7-11(12(8)14)13(15)9-5-3-6-10(9)13/h2,4,7,9-10,15H,3,5-6H2,1H3. The van der Waals surface area contributed by atoms with E-state index < -0.39 is 5.60 Å². The zero-order valence-corrected chi connectivity index (χ0v) is 10.4. The second-order valence-electron chi connectivity index (χ2n) is 4.91. The van der Waals surface area contributed by atoms with Gasteiger partial charge in [0, 0.05) is 4.47 Å². The van der Waals surface area contributed by atoms with Gasteiger partial charge < -0.3 is 5.11 Å². The fourth-order valence-electron chi connectivity index (χ4n) is 3.28. The number of fused-ring (bicyclic) bond motifs is 1. The topological polar surface area (TPSA) is 20.2 Å². The molecule has 2 saturated carbocycles. The first kappa shape index (κ1) is 9.86. The molecule has 0 heterocycles. The summed E-state index contributed by atoms with van der Waals surface area (Å²) in [5, 5.41) is 10.7. The van der Waals surface area contributed by atoms with E-state index in [9.17, 15) is 5.11 Å². The zero-order chi connectivity index (χ0) is 10.6. The minimum Gasteiger partial charge on any atom is -0.385 e. The summed E-state index contributed by atoms with van der Waals surface area (Å²) in [6.45, 7) is 2.08. The maximum atomic E-state index is 10.7. The number of hydrogen-bond donors (Lipinski definition) is 1. The summed E-state index contributed by atoms with van der Waals surface area (Å²) in [6.07, 6.45) is 3.68. The summed E-state index contributed by atoms with van der Waals surface area (Å²) >= 11 is 3.60. The molecule has 2 unspecified atom stereocenters. The molecule has 0 bridgehead atoms. The first-order valence-corrected chi connectivity index (χ1v) is 6.43. The van der Waals surface area contributed by atoms with Crippen LogP contribution in [0.2, 0.25) is 0 Å². The third-order valence-corrected chi connectivity index (χ3v) is 5.21. The van der Waals surface area contributed by atoms with Crippen molar-refractivity contribution in [1.29, 1.82) is 0 Å². The Kier molecular flexibility index (Phi) is 2.02. The average Bonchev–Trinajstić information content (AvgIpc) is 2.67. The molecule has 2 fully saturated rings. The zero-order valence-electron chi connectivity index (χ0n) is 8.83. The highest BCUT2D eigenvalue weighted by Crippen LogP contribution is 2.67. The molecule has 0 aliphatic heterocycles. The Morgan fingerprint density at radius 1 is 1.33 bits per heavy atom. The highest BCUT2D eigenvalue weighted by Gasteiger charge is 2.66. The van der Waals surface area contributed by atoms with Crippen LogP contribution in [0.1, 0.15) is 30.4 Å². The van der Waals surface area contributed by atoms with Crippen molar-refractivity contribution >= 4 is 15.9 Å². The fourth-order valence-corrected chi connectivity index (χ4v) is 3.86. The molecule has 1 nitrogen and oxygen atoms in total. The second-order valence-corrected chi connectivity index (χ2v) is 5.70. The molecule has 1 aromatic carbocycles. The van der Waals surface area contributed by atoms with E-state index >= 15 is 0 Å². The molecule has 2 heteroatoms. The highest BCUT2D eigenvalue weighted by atomic mass is 79.9. The number of benzene rings is 1. The lowest BCUT2D eigenvalue weighted by atomic mass is 9.98. The van der Waals surface area contributed by atoms with E-state index in [1.54, 1.807) is 0 Å². The van der Waals surface area contributed by atoms with Crippen LogP contribution in [-0.2, 0) is 5.60 Å². The maximum absolute atomic E-state index is 10.7. The van der Waals surface area contributed by atoms with Crippen LogP contribution in [0.5, 0.6) is 0 Å². The van der Waals surface area contributed by atoms with Gasteiger partial charge in [0.05, 0.1) is 5.60 Å². The number of hydrogen-bond acceptors (Lipinski definition) is 1. The number of rotatable bonds is 1. The van der Waals surface area contributed by atoms with Crippen molar-refractivity contribution in [3.63, 3.8) is 0 Å². The minimum absolute atomic E-state index is 0.511. The van der Waals surface area contributed by atoms with E-state index in [1.807, 2.05) is 6.07 Å². The van der Waals surface area contributed by atoms with Gasteiger partial charge in [0.25, 0.3) is 0 Å². The molecule has 2 atom stereocenters. The van der Waals surface area contributed by atoms with Crippen molar-refractivity contribution < 1.29 is 5.11 Å². The van der Waals surface area contributed by atoms with E-state index in [1.165, 1.54) is 24.8 Å². The van der Waals surface area contributed by atoms with Gasteiger partial charge in [-0.05, 0) is 42.7 Å². The number of aliphatic hydroxyl groups is 1. The Morgan fingerprint density at radius 2 is 2.00 bits per heavy atom. The lowest BCUT2D eigenvalue weighted by Crippen LogP contribution is -2.14. The largest absolute Gasteiger partial charge is 0.385 e. The summed E-state index contributed by atoms with van der Waals surface area (Å²) in [4.78, 5) is 0. The van der Waals surface area contributed by atoms with Gasteiger partial charge in [-0.2, -0.15) is 0 Å². The van der Waals surface area contributed by atoms with Crippen molar-refractivity contribution in [2.75, 3.05) is 0 Å². The van der Waals surface area contributed by atoms with Crippen LogP contribution in [0, 0.1) is 18.8 Å². The molecule has 15 heavy (non-hydrogen) atoms. The van der Waals surface area contributed by atoms with Crippen LogP contribution in [-0.4, -0.2) is 5.11 Å². The van der Waals surface area contributed by atoms with Crippen LogP contribution in [0.4, 0.5) is 0 Å². The van der Waals surface area contributed by atoms with E-state index in [4.69, 9.17) is 0 Å². The maximum Gasteiger partial charge on any atom is 0.0971 e. The van der Waals surface area contributed by atoms with Gasteiger partial charge in [-0.25, -0.2) is 0 Å².